The number of nitro groups is 1. The molecule has 0 atom stereocenters. The Labute approximate surface area is 108 Å². The first kappa shape index (κ1) is 14.4. The van der Waals surface area contributed by atoms with Crippen LogP contribution in [0.15, 0.2) is 10.5 Å². The van der Waals surface area contributed by atoms with Crippen LogP contribution in [0.4, 0.5) is 14.6 Å². The van der Waals surface area contributed by atoms with Gasteiger partial charge in [-0.05, 0) is 38.8 Å². The minimum absolute atomic E-state index is 0.00385. The fourth-order valence-electron chi connectivity index (χ4n) is 1.16. The van der Waals surface area contributed by atoms with E-state index in [1.165, 1.54) is 6.92 Å². The molecular formula is C9H7BrF2N2O4. The molecule has 0 saturated heterocycles. The molecule has 0 aliphatic carbocycles. The van der Waals surface area contributed by atoms with E-state index in [9.17, 15) is 23.7 Å². The maximum Gasteiger partial charge on any atom is 0.378 e. The van der Waals surface area contributed by atoms with Gasteiger partial charge in [0.1, 0.15) is 10.0 Å². The number of ether oxygens (including phenoxy) is 1. The summed E-state index contributed by atoms with van der Waals surface area (Å²) in [5.41, 5.74) is -1.47. The number of esters is 1. The Kier molecular flexibility index (Phi) is 4.65. The summed E-state index contributed by atoms with van der Waals surface area (Å²) in [6.07, 6.45) is -3.11. The van der Waals surface area contributed by atoms with Crippen molar-refractivity contribution in [2.24, 2.45) is 0 Å². The Morgan fingerprint density at radius 2 is 2.28 bits per heavy atom. The zero-order chi connectivity index (χ0) is 13.9. The lowest BCUT2D eigenvalue weighted by Crippen LogP contribution is -2.11. The van der Waals surface area contributed by atoms with Crippen LogP contribution in [0.2, 0.25) is 0 Å². The van der Waals surface area contributed by atoms with E-state index in [1.807, 2.05) is 0 Å². The molecule has 1 aromatic rings. The van der Waals surface area contributed by atoms with E-state index in [1.54, 1.807) is 0 Å². The number of rotatable bonds is 4. The van der Waals surface area contributed by atoms with Gasteiger partial charge in [0.05, 0.1) is 6.61 Å². The van der Waals surface area contributed by atoms with Crippen molar-refractivity contribution in [1.82, 2.24) is 4.98 Å². The van der Waals surface area contributed by atoms with Gasteiger partial charge in [0.2, 0.25) is 5.69 Å². The van der Waals surface area contributed by atoms with Crippen molar-refractivity contribution in [2.75, 3.05) is 6.61 Å². The zero-order valence-electron chi connectivity index (χ0n) is 9.02. The SMILES string of the molecule is CCOC(=O)c1cc(Br)c([N+](=O)[O-])nc1C(F)F. The maximum atomic E-state index is 12.7. The molecule has 0 aromatic carbocycles. The fraction of sp³-hybridized carbons (Fsp3) is 0.333. The van der Waals surface area contributed by atoms with Gasteiger partial charge >= 0.3 is 18.2 Å². The number of halogens is 3. The number of carbonyl (C=O) groups is 1. The highest BCUT2D eigenvalue weighted by Gasteiger charge is 2.30. The molecule has 0 unspecified atom stereocenters. The van der Waals surface area contributed by atoms with Gasteiger partial charge in [-0.15, -0.1) is 0 Å². The summed E-state index contributed by atoms with van der Waals surface area (Å²) < 4.78 is 29.8. The highest BCUT2D eigenvalue weighted by atomic mass is 79.9. The molecule has 0 N–H and O–H groups in total. The predicted octanol–water partition coefficient (Wildman–Crippen LogP) is 2.87. The van der Waals surface area contributed by atoms with Crippen molar-refractivity contribution in [3.8, 4) is 0 Å². The highest BCUT2D eigenvalue weighted by Crippen LogP contribution is 2.30. The molecule has 1 heterocycles. The van der Waals surface area contributed by atoms with Crippen LogP contribution in [0.1, 0.15) is 29.4 Å². The first-order valence-electron chi connectivity index (χ1n) is 4.68. The third kappa shape index (κ3) is 2.97. The van der Waals surface area contributed by atoms with Gasteiger partial charge in [0.15, 0.2) is 0 Å². The second kappa shape index (κ2) is 5.80. The van der Waals surface area contributed by atoms with Crippen LogP contribution in [0.25, 0.3) is 0 Å². The molecule has 0 amide bonds. The molecule has 9 heteroatoms. The van der Waals surface area contributed by atoms with Crippen LogP contribution in [-0.4, -0.2) is 22.5 Å². The average molecular weight is 325 g/mol. The smallest absolute Gasteiger partial charge is 0.378 e. The molecule has 0 aliphatic rings. The Balaban J connectivity index is 3.38. The van der Waals surface area contributed by atoms with Crippen LogP contribution < -0.4 is 0 Å². The largest absolute Gasteiger partial charge is 0.462 e. The number of hydrogen-bond donors (Lipinski definition) is 0. The summed E-state index contributed by atoms with van der Waals surface area (Å²) in [7, 11) is 0. The Morgan fingerprint density at radius 1 is 1.67 bits per heavy atom. The van der Waals surface area contributed by atoms with Crippen molar-refractivity contribution in [3.05, 3.63) is 31.9 Å². The summed E-state index contributed by atoms with van der Waals surface area (Å²) >= 11 is 2.79. The molecule has 0 radical (unpaired) electrons. The molecule has 0 aliphatic heterocycles. The van der Waals surface area contributed by atoms with Crippen LogP contribution in [-0.2, 0) is 4.74 Å². The van der Waals surface area contributed by atoms with E-state index < -0.39 is 34.4 Å². The Bertz CT molecular complexity index is 496. The maximum absolute atomic E-state index is 12.7. The second-order valence-electron chi connectivity index (χ2n) is 3.00. The normalized spacial score (nSPS) is 10.5. The van der Waals surface area contributed by atoms with Crippen molar-refractivity contribution in [3.63, 3.8) is 0 Å². The lowest BCUT2D eigenvalue weighted by Gasteiger charge is -2.05. The highest BCUT2D eigenvalue weighted by molar-refractivity contribution is 9.10. The minimum Gasteiger partial charge on any atom is -0.462 e. The molecule has 18 heavy (non-hydrogen) atoms. The number of carbonyl (C=O) groups excluding carboxylic acids is 1. The third-order valence-electron chi connectivity index (χ3n) is 1.86. The molecule has 98 valence electrons. The van der Waals surface area contributed by atoms with Crippen molar-refractivity contribution < 1.29 is 23.2 Å². The number of aromatic nitrogens is 1. The molecule has 0 fully saturated rings. The lowest BCUT2D eigenvalue weighted by atomic mass is 10.2. The van der Waals surface area contributed by atoms with Gasteiger partial charge in [-0.2, -0.15) is 0 Å². The molecule has 6 nitrogen and oxygen atoms in total. The van der Waals surface area contributed by atoms with E-state index in [-0.39, 0.29) is 11.1 Å². The van der Waals surface area contributed by atoms with Gasteiger partial charge in [-0.1, -0.05) is 0 Å². The predicted molar refractivity (Wildman–Crippen MR) is 59.5 cm³/mol. The average Bonchev–Trinajstić information content (AvgIpc) is 2.27. The summed E-state index contributed by atoms with van der Waals surface area (Å²) in [6, 6.07) is 0.907. The molecule has 0 bridgehead atoms. The zero-order valence-corrected chi connectivity index (χ0v) is 10.6. The van der Waals surface area contributed by atoms with Gasteiger partial charge < -0.3 is 14.9 Å². The first-order chi connectivity index (χ1) is 8.38. The molecule has 1 aromatic heterocycles. The fourth-order valence-corrected chi connectivity index (χ4v) is 1.62. The van der Waals surface area contributed by atoms with Gasteiger partial charge in [-0.25, -0.2) is 13.6 Å². The van der Waals surface area contributed by atoms with Crippen molar-refractivity contribution in [2.45, 2.75) is 13.3 Å². The minimum atomic E-state index is -3.11. The van der Waals surface area contributed by atoms with E-state index >= 15 is 0 Å². The van der Waals surface area contributed by atoms with E-state index in [0.717, 1.165) is 6.07 Å². The van der Waals surface area contributed by atoms with Crippen LogP contribution >= 0.6 is 15.9 Å². The number of hydrogen-bond acceptors (Lipinski definition) is 5. The standard InChI is InChI=1S/C9H7BrF2N2O4/c1-2-18-9(15)4-3-5(10)8(14(16)17)13-6(4)7(11)12/h3,7H,2H2,1H3. The lowest BCUT2D eigenvalue weighted by molar-refractivity contribution is -0.390. The third-order valence-corrected chi connectivity index (χ3v) is 2.45. The Hall–Kier alpha value is -1.64. The summed E-state index contributed by atoms with van der Waals surface area (Å²) in [5.74, 6) is -1.78. The molecular weight excluding hydrogens is 318 g/mol. The van der Waals surface area contributed by atoms with E-state index in [2.05, 4.69) is 25.7 Å². The molecule has 0 saturated carbocycles. The molecule has 1 rings (SSSR count). The summed E-state index contributed by atoms with van der Waals surface area (Å²) in [6.45, 7) is 1.50. The van der Waals surface area contributed by atoms with E-state index in [4.69, 9.17) is 0 Å². The summed E-state index contributed by atoms with van der Waals surface area (Å²) in [4.78, 5) is 24.2. The van der Waals surface area contributed by atoms with E-state index in [0.29, 0.717) is 0 Å². The van der Waals surface area contributed by atoms with Crippen LogP contribution in [0, 0.1) is 10.1 Å². The summed E-state index contributed by atoms with van der Waals surface area (Å²) in [5, 5.41) is 10.6. The van der Waals surface area contributed by atoms with Crippen LogP contribution in [0.5, 0.6) is 0 Å². The van der Waals surface area contributed by atoms with Gasteiger partial charge in [0, 0.05) is 0 Å². The number of pyridine rings is 1. The van der Waals surface area contributed by atoms with Crippen LogP contribution in [0.3, 0.4) is 0 Å². The first-order valence-corrected chi connectivity index (χ1v) is 5.47. The van der Waals surface area contributed by atoms with Gasteiger partial charge in [-0.3, -0.25) is 0 Å². The topological polar surface area (TPSA) is 82.3 Å². The number of alkyl halides is 2. The van der Waals surface area contributed by atoms with Crippen molar-refractivity contribution in [1.29, 1.82) is 0 Å². The number of nitrogens with zero attached hydrogens (tertiary/aromatic N) is 2. The monoisotopic (exact) mass is 324 g/mol. The van der Waals surface area contributed by atoms with Crippen molar-refractivity contribution >= 4 is 27.7 Å². The second-order valence-corrected chi connectivity index (χ2v) is 3.86. The quantitative estimate of drug-likeness (QED) is 0.483. The molecule has 0 spiro atoms. The Morgan fingerprint density at radius 3 is 2.72 bits per heavy atom. The van der Waals surface area contributed by atoms with Gasteiger partial charge in [0.25, 0.3) is 0 Å².